The fourth-order valence-electron chi connectivity index (χ4n) is 3.85. The summed E-state index contributed by atoms with van der Waals surface area (Å²) in [6, 6.07) is 6.24. The lowest BCUT2D eigenvalue weighted by molar-refractivity contribution is -0.135. The highest BCUT2D eigenvalue weighted by Crippen LogP contribution is 2.23. The molecule has 2 heterocycles. The Morgan fingerprint density at radius 3 is 2.29 bits per heavy atom. The Morgan fingerprint density at radius 2 is 1.61 bits per heavy atom. The van der Waals surface area contributed by atoms with Crippen molar-refractivity contribution in [3.63, 3.8) is 0 Å². The van der Waals surface area contributed by atoms with Gasteiger partial charge in [-0.15, -0.1) is 0 Å². The van der Waals surface area contributed by atoms with Gasteiger partial charge in [0.05, 0.1) is 0 Å². The molecule has 0 spiro atoms. The second-order valence-electron chi connectivity index (χ2n) is 8.93. The molecule has 0 aromatic heterocycles. The summed E-state index contributed by atoms with van der Waals surface area (Å²) in [6.45, 7) is 7.96. The van der Waals surface area contributed by atoms with Crippen LogP contribution in [0.3, 0.4) is 0 Å². The smallest absolute Gasteiger partial charge is 0.410 e. The molecule has 170 valence electrons. The average molecular weight is 451 g/mol. The van der Waals surface area contributed by atoms with E-state index in [2.05, 4.69) is 5.32 Å². The van der Waals surface area contributed by atoms with Gasteiger partial charge in [0, 0.05) is 43.4 Å². The summed E-state index contributed by atoms with van der Waals surface area (Å²) in [5.74, 6) is -0.0664. The van der Waals surface area contributed by atoms with Crippen molar-refractivity contribution in [1.29, 1.82) is 0 Å². The number of carbonyl (C=O) groups excluding carboxylic acids is 3. The van der Waals surface area contributed by atoms with Crippen molar-refractivity contribution in [2.24, 2.45) is 0 Å². The highest BCUT2D eigenvalue weighted by Gasteiger charge is 2.39. The number of likely N-dealkylation sites (tertiary alicyclic amines) is 1. The third-order valence-corrected chi connectivity index (χ3v) is 5.61. The van der Waals surface area contributed by atoms with E-state index in [0.29, 0.717) is 56.3 Å². The second kappa shape index (κ2) is 9.77. The molecule has 0 aliphatic carbocycles. The van der Waals surface area contributed by atoms with Crippen molar-refractivity contribution in [2.45, 2.75) is 51.7 Å². The van der Waals surface area contributed by atoms with Crippen LogP contribution in [-0.4, -0.2) is 77.1 Å². The molecule has 0 unspecified atom stereocenters. The van der Waals surface area contributed by atoms with Crippen LogP contribution in [0.4, 0.5) is 15.3 Å². The number of nitrogens with zero attached hydrogens (tertiary/aromatic N) is 3. The summed E-state index contributed by atoms with van der Waals surface area (Å²) in [4.78, 5) is 43.3. The summed E-state index contributed by atoms with van der Waals surface area (Å²) in [5, 5.41) is 3.47. The predicted molar refractivity (Wildman–Crippen MR) is 119 cm³/mol. The topological polar surface area (TPSA) is 82.2 Å². The summed E-state index contributed by atoms with van der Waals surface area (Å²) in [5.41, 5.74) is 0.0684. The van der Waals surface area contributed by atoms with Gasteiger partial charge in [-0.05, 0) is 64.3 Å². The first kappa shape index (κ1) is 23.2. The van der Waals surface area contributed by atoms with Gasteiger partial charge in [0.2, 0.25) is 5.91 Å². The van der Waals surface area contributed by atoms with Gasteiger partial charge in [0.15, 0.2) is 0 Å². The summed E-state index contributed by atoms with van der Waals surface area (Å²) in [6.07, 6.45) is 1.65. The van der Waals surface area contributed by atoms with Crippen molar-refractivity contribution < 1.29 is 19.1 Å². The summed E-state index contributed by atoms with van der Waals surface area (Å²) in [7, 11) is 0. The van der Waals surface area contributed by atoms with Crippen LogP contribution in [0, 0.1) is 0 Å². The summed E-state index contributed by atoms with van der Waals surface area (Å²) >= 11 is 5.89. The predicted octanol–water partition coefficient (Wildman–Crippen LogP) is 3.81. The number of benzene rings is 1. The van der Waals surface area contributed by atoms with E-state index < -0.39 is 17.7 Å². The van der Waals surface area contributed by atoms with E-state index in [1.165, 1.54) is 0 Å². The normalized spacial score (nSPS) is 19.7. The van der Waals surface area contributed by atoms with Crippen LogP contribution in [0.1, 0.15) is 40.0 Å². The molecular weight excluding hydrogens is 420 g/mol. The van der Waals surface area contributed by atoms with Crippen LogP contribution in [0.15, 0.2) is 24.3 Å². The van der Waals surface area contributed by atoms with Crippen molar-refractivity contribution >= 4 is 35.3 Å². The molecular formula is C22H31ClN4O4. The number of nitrogens with one attached hydrogen (secondary N) is 1. The molecule has 1 aromatic rings. The zero-order valence-corrected chi connectivity index (χ0v) is 19.2. The lowest BCUT2D eigenvalue weighted by Gasteiger charge is -2.31. The first-order valence-corrected chi connectivity index (χ1v) is 11.1. The monoisotopic (exact) mass is 450 g/mol. The molecule has 2 aliphatic rings. The maximum absolute atomic E-state index is 13.2. The standard InChI is InChI=1S/C22H31ClN4O4/c1-22(2,3)31-21(30)27-13-4-6-18(27)19(28)25-11-5-12-26(15-14-25)20(29)24-17-9-7-16(23)8-10-17/h7-10,18H,4-6,11-15H2,1-3H3,(H,24,29)/t18-/m0/s1. The van der Waals surface area contributed by atoms with Gasteiger partial charge in [-0.2, -0.15) is 0 Å². The fraction of sp³-hybridized carbons (Fsp3) is 0.591. The van der Waals surface area contributed by atoms with Crippen LogP contribution in [-0.2, 0) is 9.53 Å². The Balaban J connectivity index is 1.57. The number of rotatable bonds is 2. The van der Waals surface area contributed by atoms with Gasteiger partial charge < -0.3 is 19.9 Å². The van der Waals surface area contributed by atoms with Gasteiger partial charge >= 0.3 is 12.1 Å². The third-order valence-electron chi connectivity index (χ3n) is 5.36. The van der Waals surface area contributed by atoms with E-state index in [0.717, 1.165) is 6.42 Å². The van der Waals surface area contributed by atoms with E-state index in [-0.39, 0.29) is 11.9 Å². The van der Waals surface area contributed by atoms with E-state index in [4.69, 9.17) is 16.3 Å². The molecule has 2 fully saturated rings. The Hall–Kier alpha value is -2.48. The van der Waals surface area contributed by atoms with Crippen molar-refractivity contribution in [2.75, 3.05) is 38.0 Å². The molecule has 9 heteroatoms. The molecule has 3 rings (SSSR count). The van der Waals surface area contributed by atoms with E-state index in [1.807, 2.05) is 20.8 Å². The highest BCUT2D eigenvalue weighted by atomic mass is 35.5. The van der Waals surface area contributed by atoms with Crippen LogP contribution < -0.4 is 5.32 Å². The number of anilines is 1. The minimum atomic E-state index is -0.603. The average Bonchev–Trinajstić information content (AvgIpc) is 3.06. The summed E-state index contributed by atoms with van der Waals surface area (Å²) < 4.78 is 5.47. The van der Waals surface area contributed by atoms with Gasteiger partial charge in [0.25, 0.3) is 0 Å². The van der Waals surface area contributed by atoms with Crippen molar-refractivity contribution in [3.05, 3.63) is 29.3 Å². The van der Waals surface area contributed by atoms with Crippen LogP contribution in [0.5, 0.6) is 0 Å². The Bertz CT molecular complexity index is 809. The zero-order chi connectivity index (χ0) is 22.6. The van der Waals surface area contributed by atoms with E-state index in [1.54, 1.807) is 39.0 Å². The zero-order valence-electron chi connectivity index (χ0n) is 18.4. The molecule has 1 N–H and O–H groups in total. The minimum Gasteiger partial charge on any atom is -0.444 e. The molecule has 31 heavy (non-hydrogen) atoms. The van der Waals surface area contributed by atoms with Crippen LogP contribution in [0.2, 0.25) is 5.02 Å². The number of hydrogen-bond acceptors (Lipinski definition) is 4. The van der Waals surface area contributed by atoms with Crippen LogP contribution >= 0.6 is 11.6 Å². The van der Waals surface area contributed by atoms with Crippen molar-refractivity contribution in [3.8, 4) is 0 Å². The first-order valence-electron chi connectivity index (χ1n) is 10.7. The molecule has 0 bridgehead atoms. The molecule has 1 atom stereocenters. The number of carbonyl (C=O) groups is 3. The SMILES string of the molecule is CC(C)(C)OC(=O)N1CCC[C@H]1C(=O)N1CCCN(C(=O)Nc2ccc(Cl)cc2)CC1. The maximum Gasteiger partial charge on any atom is 0.410 e. The molecule has 2 aliphatic heterocycles. The van der Waals surface area contributed by atoms with Crippen molar-refractivity contribution in [1.82, 2.24) is 14.7 Å². The largest absolute Gasteiger partial charge is 0.444 e. The number of ether oxygens (including phenoxy) is 1. The number of hydrogen-bond donors (Lipinski definition) is 1. The van der Waals surface area contributed by atoms with E-state index >= 15 is 0 Å². The maximum atomic E-state index is 13.2. The highest BCUT2D eigenvalue weighted by molar-refractivity contribution is 6.30. The minimum absolute atomic E-state index is 0.0664. The Morgan fingerprint density at radius 1 is 0.968 bits per heavy atom. The Labute approximate surface area is 188 Å². The molecule has 0 radical (unpaired) electrons. The lowest BCUT2D eigenvalue weighted by Crippen LogP contribution is -2.50. The fourth-order valence-corrected chi connectivity index (χ4v) is 3.98. The molecule has 0 saturated carbocycles. The van der Waals surface area contributed by atoms with Gasteiger partial charge in [-0.25, -0.2) is 9.59 Å². The Kier molecular flexibility index (Phi) is 7.30. The number of halogens is 1. The molecule has 4 amide bonds. The first-order chi connectivity index (χ1) is 14.6. The molecule has 2 saturated heterocycles. The quantitative estimate of drug-likeness (QED) is 0.742. The second-order valence-corrected chi connectivity index (χ2v) is 9.37. The third kappa shape index (κ3) is 6.26. The van der Waals surface area contributed by atoms with Gasteiger partial charge in [-0.3, -0.25) is 9.69 Å². The molecule has 8 nitrogen and oxygen atoms in total. The van der Waals surface area contributed by atoms with E-state index in [9.17, 15) is 14.4 Å². The van der Waals surface area contributed by atoms with Crippen LogP contribution in [0.25, 0.3) is 0 Å². The van der Waals surface area contributed by atoms with Gasteiger partial charge in [0.1, 0.15) is 11.6 Å². The van der Waals surface area contributed by atoms with Gasteiger partial charge in [-0.1, -0.05) is 11.6 Å². The molecule has 1 aromatic carbocycles. The number of urea groups is 1. The lowest BCUT2D eigenvalue weighted by atomic mass is 10.2. The number of amides is 4.